The summed E-state index contributed by atoms with van der Waals surface area (Å²) < 4.78 is 16.5. The van der Waals surface area contributed by atoms with E-state index in [9.17, 15) is 0 Å². The minimum Gasteiger partial charge on any atom is -0.493 e. The molecule has 0 unspecified atom stereocenters. The zero-order chi connectivity index (χ0) is 30.6. The van der Waals surface area contributed by atoms with Crippen LogP contribution in [0.25, 0.3) is 6.08 Å². The lowest BCUT2D eigenvalue weighted by atomic mass is 9.99. The third-order valence-electron chi connectivity index (χ3n) is 8.42. The first-order valence-corrected chi connectivity index (χ1v) is 14.9. The lowest BCUT2D eigenvalue weighted by Crippen LogP contribution is -1.90. The molecule has 2 saturated carbocycles. The maximum Gasteiger partial charge on any atom is 0.373 e. The molecule has 3 aromatic rings. The van der Waals surface area contributed by atoms with E-state index in [1.807, 2.05) is 18.2 Å². The molecule has 2 aliphatic carbocycles. The number of hydrogen-bond acceptors (Lipinski definition) is 7. The van der Waals surface area contributed by atoms with Crippen LogP contribution >= 0.6 is 0 Å². The molecule has 0 aromatic heterocycles. The van der Waals surface area contributed by atoms with Gasteiger partial charge in [-0.1, -0.05) is 62.4 Å². The predicted molar refractivity (Wildman–Crippen MR) is 160 cm³/mol. The van der Waals surface area contributed by atoms with Crippen molar-refractivity contribution in [2.24, 2.45) is 5.92 Å². The van der Waals surface area contributed by atoms with Crippen LogP contribution in [-0.2, 0) is 38.4 Å². The molecule has 8 rings (SSSR count). The Labute approximate surface area is 252 Å². The number of rotatable bonds is 4. The van der Waals surface area contributed by atoms with Gasteiger partial charge >= 0.3 is 12.3 Å². The summed E-state index contributed by atoms with van der Waals surface area (Å²) in [5, 5.41) is 0. The third-order valence-corrected chi connectivity index (χ3v) is 8.42. The lowest BCUT2D eigenvalue weighted by molar-refractivity contribution is -0.193. The topological polar surface area (TPSA) is 96.0 Å². The first-order valence-electron chi connectivity index (χ1n) is 14.9. The Kier molecular flexibility index (Phi) is 11.5. The predicted octanol–water partition coefficient (Wildman–Crippen LogP) is 6.73. The highest BCUT2D eigenvalue weighted by Crippen LogP contribution is 2.52. The van der Waals surface area contributed by atoms with Crippen molar-refractivity contribution in [2.45, 2.75) is 63.7 Å². The van der Waals surface area contributed by atoms with Crippen molar-refractivity contribution in [1.82, 2.24) is 0 Å². The van der Waals surface area contributed by atoms with Crippen molar-refractivity contribution < 1.29 is 33.4 Å². The van der Waals surface area contributed by atoms with E-state index in [1.165, 1.54) is 47.9 Å². The fourth-order valence-corrected chi connectivity index (χ4v) is 6.14. The van der Waals surface area contributed by atoms with Gasteiger partial charge in [-0.2, -0.15) is 19.2 Å². The summed E-state index contributed by atoms with van der Waals surface area (Å²) in [4.78, 5) is 32.5. The molecule has 0 saturated heterocycles. The van der Waals surface area contributed by atoms with Crippen molar-refractivity contribution in [2.75, 3.05) is 19.8 Å². The van der Waals surface area contributed by atoms with Gasteiger partial charge in [0.2, 0.25) is 0 Å². The first kappa shape index (κ1) is 31.5. The standard InChI is InChI=1S/C13H16O.C11H12O.C10H10O.2CO2/c1-2-9-8-12(9)10-4-3-5-13-11(10)6-7-14-13;1-2-9(8-4-5-8)10-6-7-12-11(10)3-1;1-2-8-4-3-5-10-9(8)6-7-11-10;2*2-1-3/h3-5,9,12H,2,6-8H2,1H3;1-3,8H,4-7H2;2-5H,1,6-7H2;;/t9-,12-;;;;/m1..../s1. The van der Waals surface area contributed by atoms with Crippen LogP contribution in [0.5, 0.6) is 17.2 Å². The van der Waals surface area contributed by atoms with Crippen LogP contribution in [0.1, 0.15) is 77.8 Å². The zero-order valence-electron chi connectivity index (χ0n) is 24.6. The number of fused-ring (bicyclic) bond motifs is 3. The second-order valence-electron chi connectivity index (χ2n) is 10.9. The molecule has 0 radical (unpaired) electrons. The Bertz CT molecular complexity index is 1450. The van der Waals surface area contributed by atoms with E-state index in [0.717, 1.165) is 74.1 Å². The molecule has 7 heteroatoms. The van der Waals surface area contributed by atoms with Crippen LogP contribution in [0, 0.1) is 5.92 Å². The molecule has 2 atom stereocenters. The van der Waals surface area contributed by atoms with Crippen LogP contribution in [-0.4, -0.2) is 32.1 Å². The van der Waals surface area contributed by atoms with Crippen molar-refractivity contribution in [3.63, 3.8) is 0 Å². The average Bonchev–Trinajstić information content (AvgIpc) is 3.83. The highest BCUT2D eigenvalue weighted by atomic mass is 16.5. The number of carbonyl (C=O) groups excluding carboxylic acids is 4. The van der Waals surface area contributed by atoms with E-state index in [4.69, 9.17) is 33.4 Å². The number of benzene rings is 3. The van der Waals surface area contributed by atoms with Gasteiger partial charge in [-0.15, -0.1) is 0 Å². The summed E-state index contributed by atoms with van der Waals surface area (Å²) >= 11 is 0. The molecule has 0 amide bonds. The van der Waals surface area contributed by atoms with E-state index in [1.54, 1.807) is 11.1 Å². The van der Waals surface area contributed by atoms with E-state index in [-0.39, 0.29) is 12.3 Å². The monoisotopic (exact) mass is 582 g/mol. The highest BCUT2D eigenvalue weighted by molar-refractivity contribution is 5.57. The maximum absolute atomic E-state index is 8.12. The smallest absolute Gasteiger partial charge is 0.373 e. The molecule has 3 heterocycles. The first-order chi connectivity index (χ1) is 21.1. The Morgan fingerprint density at radius 3 is 1.67 bits per heavy atom. The van der Waals surface area contributed by atoms with Gasteiger partial charge in [-0.3, -0.25) is 0 Å². The van der Waals surface area contributed by atoms with Crippen molar-refractivity contribution in [1.29, 1.82) is 0 Å². The van der Waals surface area contributed by atoms with Gasteiger partial charge in [0, 0.05) is 36.0 Å². The van der Waals surface area contributed by atoms with Crippen LogP contribution in [0.15, 0.2) is 61.2 Å². The molecule has 0 bridgehead atoms. The van der Waals surface area contributed by atoms with Crippen molar-refractivity contribution in [3.8, 4) is 17.2 Å². The summed E-state index contributed by atoms with van der Waals surface area (Å²) in [5.74, 6) is 5.96. The molecule has 3 aliphatic heterocycles. The Balaban J connectivity index is 0.000000136. The third kappa shape index (κ3) is 8.10. The SMILES string of the molecule is C=Cc1cccc2c1CCO2.CC[C@@H]1C[C@H]1c1cccc2c1CCO2.O=C=O.O=C=O.c1cc2c(c(C3CC3)c1)CCO2. The van der Waals surface area contributed by atoms with Gasteiger partial charge in [-0.05, 0) is 71.9 Å². The van der Waals surface area contributed by atoms with E-state index in [0.29, 0.717) is 0 Å². The second-order valence-corrected chi connectivity index (χ2v) is 10.9. The van der Waals surface area contributed by atoms with E-state index < -0.39 is 0 Å². The van der Waals surface area contributed by atoms with E-state index in [2.05, 4.69) is 56.0 Å². The molecule has 0 spiro atoms. The van der Waals surface area contributed by atoms with Gasteiger partial charge in [0.05, 0.1) is 19.8 Å². The summed E-state index contributed by atoms with van der Waals surface area (Å²) in [6.07, 6.45) is 11.2. The molecular formula is C36H38O7. The normalized spacial score (nSPS) is 18.8. The van der Waals surface area contributed by atoms with Crippen molar-refractivity contribution in [3.05, 3.63) is 94.6 Å². The Morgan fingerprint density at radius 1 is 0.721 bits per heavy atom. The van der Waals surface area contributed by atoms with Gasteiger partial charge < -0.3 is 14.2 Å². The van der Waals surface area contributed by atoms with E-state index >= 15 is 0 Å². The summed E-state index contributed by atoms with van der Waals surface area (Å²) in [6.45, 7) is 8.64. The minimum atomic E-state index is 0.250. The number of ether oxygens (including phenoxy) is 3. The summed E-state index contributed by atoms with van der Waals surface area (Å²) in [6, 6.07) is 19.1. The molecule has 2 fully saturated rings. The van der Waals surface area contributed by atoms with Crippen LogP contribution in [0.3, 0.4) is 0 Å². The molecule has 7 nitrogen and oxygen atoms in total. The molecule has 224 valence electrons. The molecule has 0 N–H and O–H groups in total. The van der Waals surface area contributed by atoms with Gasteiger partial charge in [0.1, 0.15) is 17.2 Å². The Morgan fingerprint density at radius 2 is 1.19 bits per heavy atom. The molecular weight excluding hydrogens is 544 g/mol. The van der Waals surface area contributed by atoms with Crippen LogP contribution in [0.2, 0.25) is 0 Å². The Hall–Kier alpha value is -4.44. The molecule has 3 aromatic carbocycles. The molecule has 43 heavy (non-hydrogen) atoms. The average molecular weight is 583 g/mol. The van der Waals surface area contributed by atoms with Crippen molar-refractivity contribution >= 4 is 18.4 Å². The fourth-order valence-electron chi connectivity index (χ4n) is 6.14. The summed E-state index contributed by atoms with van der Waals surface area (Å²) in [7, 11) is 0. The van der Waals surface area contributed by atoms with Gasteiger partial charge in [-0.25, -0.2) is 0 Å². The minimum absolute atomic E-state index is 0.250. The van der Waals surface area contributed by atoms with Crippen LogP contribution in [0.4, 0.5) is 0 Å². The van der Waals surface area contributed by atoms with Gasteiger partial charge in [0.15, 0.2) is 0 Å². The quantitative estimate of drug-likeness (QED) is 0.336. The largest absolute Gasteiger partial charge is 0.493 e. The zero-order valence-corrected chi connectivity index (χ0v) is 24.6. The highest BCUT2D eigenvalue weighted by Gasteiger charge is 2.38. The lowest BCUT2D eigenvalue weighted by Gasteiger charge is -2.05. The van der Waals surface area contributed by atoms with Crippen LogP contribution < -0.4 is 14.2 Å². The van der Waals surface area contributed by atoms with Gasteiger partial charge in [0.25, 0.3) is 0 Å². The second kappa shape index (κ2) is 15.7. The maximum atomic E-state index is 8.12. The molecule has 5 aliphatic rings. The summed E-state index contributed by atoms with van der Waals surface area (Å²) in [5.41, 5.74) is 8.63. The number of hydrogen-bond donors (Lipinski definition) is 0. The fraction of sp³-hybridized carbons (Fsp3) is 0.389.